The Morgan fingerprint density at radius 3 is 2.77 bits per heavy atom. The van der Waals surface area contributed by atoms with Gasteiger partial charge in [-0.3, -0.25) is 0 Å². The molecule has 2 heteroatoms. The number of benzene rings is 1. The fraction of sp³-hybridized carbons (Fsp3) is 0.364. The molecule has 1 unspecified atom stereocenters. The Morgan fingerprint density at radius 2 is 2.15 bits per heavy atom. The van der Waals surface area contributed by atoms with Gasteiger partial charge in [-0.15, -0.1) is 0 Å². The molecule has 1 aromatic carbocycles. The van der Waals surface area contributed by atoms with Crippen LogP contribution in [0.4, 0.5) is 0 Å². The van der Waals surface area contributed by atoms with E-state index in [4.69, 9.17) is 11.0 Å². The average Bonchev–Trinajstić information content (AvgIpc) is 2.18. The maximum absolute atomic E-state index is 8.85. The Hall–Kier alpha value is -1.33. The third-order valence-corrected chi connectivity index (χ3v) is 2.21. The molecule has 0 aromatic heterocycles. The van der Waals surface area contributed by atoms with E-state index >= 15 is 0 Å². The molecule has 0 bridgehead atoms. The predicted octanol–water partition coefficient (Wildman–Crippen LogP) is 2.01. The number of nitrogens with two attached hydrogens (primary N) is 1. The van der Waals surface area contributed by atoms with E-state index in [1.54, 1.807) is 0 Å². The van der Waals surface area contributed by atoms with Crippen LogP contribution in [0.25, 0.3) is 0 Å². The lowest BCUT2D eigenvalue weighted by Gasteiger charge is -2.11. The van der Waals surface area contributed by atoms with Crippen LogP contribution in [0.15, 0.2) is 24.3 Å². The fourth-order valence-electron chi connectivity index (χ4n) is 1.43. The third-order valence-electron chi connectivity index (χ3n) is 2.21. The molecule has 1 atom stereocenters. The van der Waals surface area contributed by atoms with Crippen molar-refractivity contribution in [1.82, 2.24) is 0 Å². The first kappa shape index (κ1) is 9.76. The van der Waals surface area contributed by atoms with E-state index in [-0.39, 0.29) is 0 Å². The zero-order chi connectivity index (χ0) is 9.68. The maximum Gasteiger partial charge on any atom is 0.0994 e. The largest absolute Gasteiger partial charge is 0.330 e. The van der Waals surface area contributed by atoms with Crippen molar-refractivity contribution in [2.75, 3.05) is 6.54 Å². The molecule has 2 nitrogen and oxygen atoms in total. The quantitative estimate of drug-likeness (QED) is 0.762. The lowest BCUT2D eigenvalue weighted by atomic mass is 9.94. The van der Waals surface area contributed by atoms with Gasteiger partial charge in [-0.05, 0) is 30.5 Å². The van der Waals surface area contributed by atoms with Crippen LogP contribution >= 0.6 is 0 Å². The van der Waals surface area contributed by atoms with E-state index in [1.165, 1.54) is 0 Å². The summed E-state index contributed by atoms with van der Waals surface area (Å²) in [6.45, 7) is 2.77. The number of rotatable bonds is 3. The highest BCUT2D eigenvalue weighted by atomic mass is 14.5. The lowest BCUT2D eigenvalue weighted by molar-refractivity contribution is 0.688. The lowest BCUT2D eigenvalue weighted by Crippen LogP contribution is -2.05. The van der Waals surface area contributed by atoms with E-state index < -0.39 is 0 Å². The standard InChI is InChI=1S/C11H14N2/c1-9(6-7-12)11-5-3-2-4-10(11)8-13/h2-5,9H,6-7,12H2,1H3. The van der Waals surface area contributed by atoms with Crippen molar-refractivity contribution >= 4 is 0 Å². The van der Waals surface area contributed by atoms with Crippen molar-refractivity contribution in [2.45, 2.75) is 19.3 Å². The first-order valence-corrected chi connectivity index (χ1v) is 4.48. The van der Waals surface area contributed by atoms with Gasteiger partial charge in [-0.25, -0.2) is 0 Å². The third kappa shape index (κ3) is 2.30. The Balaban J connectivity index is 2.93. The second-order valence-electron chi connectivity index (χ2n) is 3.18. The van der Waals surface area contributed by atoms with Crippen LogP contribution in [0.3, 0.4) is 0 Å². The van der Waals surface area contributed by atoms with Gasteiger partial charge < -0.3 is 5.73 Å². The molecule has 68 valence electrons. The Morgan fingerprint density at radius 1 is 1.46 bits per heavy atom. The summed E-state index contributed by atoms with van der Waals surface area (Å²) >= 11 is 0. The molecule has 0 aliphatic carbocycles. The van der Waals surface area contributed by atoms with Gasteiger partial charge in [-0.1, -0.05) is 25.1 Å². The minimum Gasteiger partial charge on any atom is -0.330 e. The van der Waals surface area contributed by atoms with E-state index in [0.29, 0.717) is 12.5 Å². The monoisotopic (exact) mass is 174 g/mol. The molecule has 0 aliphatic rings. The van der Waals surface area contributed by atoms with Crippen molar-refractivity contribution in [1.29, 1.82) is 5.26 Å². The van der Waals surface area contributed by atoms with Crippen molar-refractivity contribution in [3.8, 4) is 6.07 Å². The molecule has 0 saturated heterocycles. The van der Waals surface area contributed by atoms with Crippen molar-refractivity contribution in [2.24, 2.45) is 5.73 Å². The maximum atomic E-state index is 8.85. The van der Waals surface area contributed by atoms with E-state index in [2.05, 4.69) is 13.0 Å². The summed E-state index contributed by atoms with van der Waals surface area (Å²) < 4.78 is 0. The van der Waals surface area contributed by atoms with Gasteiger partial charge in [0.15, 0.2) is 0 Å². The molecule has 0 radical (unpaired) electrons. The van der Waals surface area contributed by atoms with Gasteiger partial charge in [-0.2, -0.15) is 5.26 Å². The molecule has 13 heavy (non-hydrogen) atoms. The van der Waals surface area contributed by atoms with Crippen LogP contribution in [0.2, 0.25) is 0 Å². The molecule has 0 saturated carbocycles. The molecule has 0 spiro atoms. The minimum atomic E-state index is 0.376. The highest BCUT2D eigenvalue weighted by Crippen LogP contribution is 2.21. The molecule has 0 heterocycles. The van der Waals surface area contributed by atoms with Gasteiger partial charge in [0.25, 0.3) is 0 Å². The summed E-state index contributed by atoms with van der Waals surface area (Å²) in [5, 5.41) is 8.85. The van der Waals surface area contributed by atoms with Crippen LogP contribution < -0.4 is 5.73 Å². The van der Waals surface area contributed by atoms with Crippen molar-refractivity contribution in [3.63, 3.8) is 0 Å². The van der Waals surface area contributed by atoms with E-state index in [9.17, 15) is 0 Å². The molecule has 2 N–H and O–H groups in total. The summed E-state index contributed by atoms with van der Waals surface area (Å²) in [6.07, 6.45) is 0.929. The van der Waals surface area contributed by atoms with Crippen LogP contribution in [-0.2, 0) is 0 Å². The molecular formula is C11H14N2. The summed E-state index contributed by atoms with van der Waals surface area (Å²) in [5.74, 6) is 0.376. The number of hydrogen-bond acceptors (Lipinski definition) is 2. The summed E-state index contributed by atoms with van der Waals surface area (Å²) in [4.78, 5) is 0. The second-order valence-corrected chi connectivity index (χ2v) is 3.18. The highest BCUT2D eigenvalue weighted by molar-refractivity contribution is 5.39. The molecular weight excluding hydrogens is 160 g/mol. The predicted molar refractivity (Wildman–Crippen MR) is 53.2 cm³/mol. The number of nitriles is 1. The smallest absolute Gasteiger partial charge is 0.0994 e. The van der Waals surface area contributed by atoms with Crippen LogP contribution in [0, 0.1) is 11.3 Å². The Labute approximate surface area is 79.0 Å². The van der Waals surface area contributed by atoms with E-state index in [0.717, 1.165) is 17.5 Å². The Kier molecular flexibility index (Phi) is 3.48. The van der Waals surface area contributed by atoms with Gasteiger partial charge in [0.2, 0.25) is 0 Å². The van der Waals surface area contributed by atoms with Gasteiger partial charge in [0, 0.05) is 0 Å². The zero-order valence-electron chi connectivity index (χ0n) is 7.83. The zero-order valence-corrected chi connectivity index (χ0v) is 7.83. The molecule has 0 fully saturated rings. The van der Waals surface area contributed by atoms with Crippen LogP contribution in [0.1, 0.15) is 30.4 Å². The molecule has 1 rings (SSSR count). The molecule has 0 amide bonds. The topological polar surface area (TPSA) is 49.8 Å². The van der Waals surface area contributed by atoms with Gasteiger partial charge >= 0.3 is 0 Å². The highest BCUT2D eigenvalue weighted by Gasteiger charge is 2.08. The average molecular weight is 174 g/mol. The second kappa shape index (κ2) is 4.64. The molecule has 0 aliphatic heterocycles. The minimum absolute atomic E-state index is 0.376. The van der Waals surface area contributed by atoms with E-state index in [1.807, 2.05) is 24.3 Å². The normalized spacial score (nSPS) is 12.1. The molecule has 1 aromatic rings. The van der Waals surface area contributed by atoms with Gasteiger partial charge in [0.05, 0.1) is 11.6 Å². The summed E-state index contributed by atoms with van der Waals surface area (Å²) in [5.41, 5.74) is 7.35. The first-order chi connectivity index (χ1) is 6.29. The number of nitrogens with zero attached hydrogens (tertiary/aromatic N) is 1. The first-order valence-electron chi connectivity index (χ1n) is 4.48. The van der Waals surface area contributed by atoms with Crippen molar-refractivity contribution in [3.05, 3.63) is 35.4 Å². The van der Waals surface area contributed by atoms with Crippen LogP contribution in [-0.4, -0.2) is 6.54 Å². The van der Waals surface area contributed by atoms with Gasteiger partial charge in [0.1, 0.15) is 0 Å². The number of hydrogen-bond donors (Lipinski definition) is 1. The summed E-state index contributed by atoms with van der Waals surface area (Å²) in [6, 6.07) is 9.89. The fourth-order valence-corrected chi connectivity index (χ4v) is 1.43. The Bertz CT molecular complexity index is 312. The summed E-state index contributed by atoms with van der Waals surface area (Å²) in [7, 11) is 0. The SMILES string of the molecule is CC(CCN)c1ccccc1C#N. The van der Waals surface area contributed by atoms with Crippen molar-refractivity contribution < 1.29 is 0 Å². The van der Waals surface area contributed by atoms with Crippen LogP contribution in [0.5, 0.6) is 0 Å².